The van der Waals surface area contributed by atoms with Crippen LogP contribution in [0.2, 0.25) is 0 Å². The summed E-state index contributed by atoms with van der Waals surface area (Å²) in [6.45, 7) is 5.52. The first-order valence-corrected chi connectivity index (χ1v) is 8.38. The molecular weight excluding hydrogens is 296 g/mol. The van der Waals surface area contributed by atoms with Crippen molar-refractivity contribution in [1.29, 1.82) is 0 Å². The Balaban J connectivity index is 1.98. The summed E-state index contributed by atoms with van der Waals surface area (Å²) in [7, 11) is 0. The number of nitrogen functional groups attached to an aromatic ring is 1. The topological polar surface area (TPSA) is 101 Å². The van der Waals surface area contributed by atoms with E-state index in [0.717, 1.165) is 51.9 Å². The normalized spacial score (nSPS) is 22.2. The lowest BCUT2D eigenvalue weighted by Crippen LogP contribution is -2.37. The van der Waals surface area contributed by atoms with Gasteiger partial charge in [-0.05, 0) is 38.0 Å². The van der Waals surface area contributed by atoms with Crippen LogP contribution >= 0.6 is 0 Å². The van der Waals surface area contributed by atoms with E-state index in [9.17, 15) is 10.1 Å². The minimum Gasteiger partial charge on any atom is -0.378 e. The summed E-state index contributed by atoms with van der Waals surface area (Å²) >= 11 is 0. The SMILES string of the molecule is C[C@@H]1CCCN(c2nc(N)c([N+](=O)[O-])c(N3CCCCC3)n2)C1. The second kappa shape index (κ2) is 6.55. The molecule has 126 valence electrons. The summed E-state index contributed by atoms with van der Waals surface area (Å²) < 4.78 is 0. The summed E-state index contributed by atoms with van der Waals surface area (Å²) in [5, 5.41) is 11.4. The van der Waals surface area contributed by atoms with E-state index in [-0.39, 0.29) is 11.5 Å². The number of hydrogen-bond acceptors (Lipinski definition) is 7. The summed E-state index contributed by atoms with van der Waals surface area (Å²) in [5.41, 5.74) is 5.77. The van der Waals surface area contributed by atoms with E-state index in [1.807, 2.05) is 4.90 Å². The second-order valence-corrected chi connectivity index (χ2v) is 6.58. The molecule has 2 aliphatic rings. The summed E-state index contributed by atoms with van der Waals surface area (Å²) in [5.74, 6) is 1.46. The molecule has 0 amide bonds. The molecule has 1 atom stereocenters. The van der Waals surface area contributed by atoms with Crippen molar-refractivity contribution in [2.24, 2.45) is 5.92 Å². The number of aromatic nitrogens is 2. The number of anilines is 3. The monoisotopic (exact) mass is 320 g/mol. The van der Waals surface area contributed by atoms with Crippen molar-refractivity contribution in [3.05, 3.63) is 10.1 Å². The largest absolute Gasteiger partial charge is 0.378 e. The Morgan fingerprint density at radius 2 is 1.83 bits per heavy atom. The zero-order valence-electron chi connectivity index (χ0n) is 13.6. The molecule has 8 heteroatoms. The van der Waals surface area contributed by atoms with Crippen molar-refractivity contribution in [1.82, 2.24) is 9.97 Å². The van der Waals surface area contributed by atoms with Crippen LogP contribution in [0.25, 0.3) is 0 Å². The van der Waals surface area contributed by atoms with E-state index in [2.05, 4.69) is 21.8 Å². The highest BCUT2D eigenvalue weighted by molar-refractivity contribution is 5.71. The Hall–Kier alpha value is -2.12. The van der Waals surface area contributed by atoms with Crippen LogP contribution in [0.1, 0.15) is 39.0 Å². The first kappa shape index (κ1) is 15.8. The summed E-state index contributed by atoms with van der Waals surface area (Å²) in [6.07, 6.45) is 5.48. The maximum absolute atomic E-state index is 11.4. The molecule has 0 saturated carbocycles. The molecule has 0 aliphatic carbocycles. The maximum Gasteiger partial charge on any atom is 0.353 e. The van der Waals surface area contributed by atoms with Gasteiger partial charge in [-0.3, -0.25) is 10.1 Å². The quantitative estimate of drug-likeness (QED) is 0.672. The fourth-order valence-corrected chi connectivity index (χ4v) is 3.46. The van der Waals surface area contributed by atoms with E-state index in [1.165, 1.54) is 6.42 Å². The molecule has 0 radical (unpaired) electrons. The number of rotatable bonds is 3. The van der Waals surface area contributed by atoms with Crippen molar-refractivity contribution in [2.45, 2.75) is 39.0 Å². The fourth-order valence-electron chi connectivity index (χ4n) is 3.46. The van der Waals surface area contributed by atoms with Gasteiger partial charge < -0.3 is 15.5 Å². The molecule has 0 unspecified atom stereocenters. The van der Waals surface area contributed by atoms with Gasteiger partial charge in [0.15, 0.2) is 0 Å². The van der Waals surface area contributed by atoms with Crippen LogP contribution in [-0.4, -0.2) is 41.1 Å². The van der Waals surface area contributed by atoms with Gasteiger partial charge in [-0.25, -0.2) is 0 Å². The van der Waals surface area contributed by atoms with Gasteiger partial charge in [0.2, 0.25) is 17.6 Å². The van der Waals surface area contributed by atoms with Crippen LogP contribution in [0.5, 0.6) is 0 Å². The molecule has 8 nitrogen and oxygen atoms in total. The minimum absolute atomic E-state index is 0.0289. The Bertz CT molecular complexity index is 588. The molecule has 1 aromatic heterocycles. The number of nitrogens with two attached hydrogens (primary N) is 1. The van der Waals surface area contributed by atoms with Gasteiger partial charge >= 0.3 is 5.69 Å². The summed E-state index contributed by atoms with van der Waals surface area (Å²) in [6, 6.07) is 0. The van der Waals surface area contributed by atoms with Crippen molar-refractivity contribution >= 4 is 23.3 Å². The van der Waals surface area contributed by atoms with Gasteiger partial charge in [0.1, 0.15) is 0 Å². The number of piperidine rings is 2. The van der Waals surface area contributed by atoms with Crippen LogP contribution in [0.3, 0.4) is 0 Å². The summed E-state index contributed by atoms with van der Waals surface area (Å²) in [4.78, 5) is 23.8. The third kappa shape index (κ3) is 3.30. The highest BCUT2D eigenvalue weighted by Crippen LogP contribution is 2.35. The molecule has 23 heavy (non-hydrogen) atoms. The molecule has 0 aromatic carbocycles. The lowest BCUT2D eigenvalue weighted by atomic mass is 10.0. The average Bonchev–Trinajstić information content (AvgIpc) is 2.54. The molecule has 2 saturated heterocycles. The highest BCUT2D eigenvalue weighted by atomic mass is 16.6. The predicted molar refractivity (Wildman–Crippen MR) is 89.8 cm³/mol. The molecule has 2 N–H and O–H groups in total. The Labute approximate surface area is 135 Å². The molecule has 3 rings (SSSR count). The van der Waals surface area contributed by atoms with Crippen LogP contribution < -0.4 is 15.5 Å². The minimum atomic E-state index is -0.456. The van der Waals surface area contributed by atoms with Crippen molar-refractivity contribution < 1.29 is 4.92 Å². The first-order valence-electron chi connectivity index (χ1n) is 8.38. The van der Waals surface area contributed by atoms with Crippen molar-refractivity contribution in [2.75, 3.05) is 41.7 Å². The van der Waals surface area contributed by atoms with Crippen molar-refractivity contribution in [3.63, 3.8) is 0 Å². The van der Waals surface area contributed by atoms with Crippen LogP contribution in [0.4, 0.5) is 23.3 Å². The van der Waals surface area contributed by atoms with Gasteiger partial charge in [0, 0.05) is 26.2 Å². The van der Waals surface area contributed by atoms with Crippen LogP contribution in [0, 0.1) is 16.0 Å². The van der Waals surface area contributed by atoms with Crippen molar-refractivity contribution in [3.8, 4) is 0 Å². The number of nitrogens with zero attached hydrogens (tertiary/aromatic N) is 5. The maximum atomic E-state index is 11.4. The van der Waals surface area contributed by atoms with Gasteiger partial charge in [-0.1, -0.05) is 6.92 Å². The molecule has 2 fully saturated rings. The standard InChI is InChI=1S/C15H24N6O2/c1-11-6-5-9-20(10-11)15-17-13(16)12(21(22)23)14(18-15)19-7-3-2-4-8-19/h11H,2-10H2,1H3,(H2,16,17,18)/t11-/m1/s1. The van der Waals surface area contributed by atoms with Gasteiger partial charge in [0.25, 0.3) is 0 Å². The number of nitro groups is 1. The van der Waals surface area contributed by atoms with Gasteiger partial charge in [-0.2, -0.15) is 9.97 Å². The zero-order chi connectivity index (χ0) is 16.4. The van der Waals surface area contributed by atoms with E-state index in [0.29, 0.717) is 17.7 Å². The lowest BCUT2D eigenvalue weighted by molar-refractivity contribution is -0.383. The number of hydrogen-bond donors (Lipinski definition) is 1. The van der Waals surface area contributed by atoms with Gasteiger partial charge in [-0.15, -0.1) is 0 Å². The van der Waals surface area contributed by atoms with E-state index < -0.39 is 4.92 Å². The zero-order valence-corrected chi connectivity index (χ0v) is 13.6. The second-order valence-electron chi connectivity index (χ2n) is 6.58. The lowest BCUT2D eigenvalue weighted by Gasteiger charge is -2.32. The van der Waals surface area contributed by atoms with Gasteiger partial charge in [0.05, 0.1) is 4.92 Å². The van der Waals surface area contributed by atoms with E-state index >= 15 is 0 Å². The fraction of sp³-hybridized carbons (Fsp3) is 0.733. The molecular formula is C15H24N6O2. The van der Waals surface area contributed by atoms with Crippen LogP contribution in [-0.2, 0) is 0 Å². The average molecular weight is 320 g/mol. The van der Waals surface area contributed by atoms with E-state index in [1.54, 1.807) is 0 Å². The smallest absolute Gasteiger partial charge is 0.353 e. The molecule has 1 aromatic rings. The third-order valence-corrected chi connectivity index (χ3v) is 4.66. The first-order chi connectivity index (χ1) is 11.1. The Morgan fingerprint density at radius 1 is 1.13 bits per heavy atom. The van der Waals surface area contributed by atoms with Crippen LogP contribution in [0.15, 0.2) is 0 Å². The Kier molecular flexibility index (Phi) is 4.49. The highest BCUT2D eigenvalue weighted by Gasteiger charge is 2.30. The predicted octanol–water partition coefficient (Wildman–Crippen LogP) is 2.19. The third-order valence-electron chi connectivity index (χ3n) is 4.66. The molecule has 0 spiro atoms. The molecule has 3 heterocycles. The Morgan fingerprint density at radius 3 is 2.48 bits per heavy atom. The van der Waals surface area contributed by atoms with E-state index in [4.69, 9.17) is 5.73 Å². The molecule has 2 aliphatic heterocycles. The molecule has 0 bridgehead atoms.